The minimum Gasteiger partial charge on any atom is -0.375 e. The van der Waals surface area contributed by atoms with Gasteiger partial charge in [0.05, 0.1) is 18.5 Å². The Morgan fingerprint density at radius 3 is 2.43 bits per heavy atom. The summed E-state index contributed by atoms with van der Waals surface area (Å²) >= 11 is 0. The Balaban J connectivity index is 1.15. The third kappa shape index (κ3) is 5.17. The van der Waals surface area contributed by atoms with Gasteiger partial charge in [0.15, 0.2) is 0 Å². The monoisotopic (exact) mass is 383 g/mol. The van der Waals surface area contributed by atoms with Crippen LogP contribution in [-0.4, -0.2) is 68.6 Å². The molecule has 7 nitrogen and oxygen atoms in total. The molecule has 28 heavy (non-hydrogen) atoms. The first-order valence-electron chi connectivity index (χ1n) is 10.3. The van der Waals surface area contributed by atoms with Gasteiger partial charge >= 0.3 is 0 Å². The molecule has 0 N–H and O–H groups in total. The molecule has 2 fully saturated rings. The summed E-state index contributed by atoms with van der Waals surface area (Å²) in [6.07, 6.45) is 13.7. The summed E-state index contributed by atoms with van der Waals surface area (Å²) in [5, 5.41) is 0. The number of carbonyl (C=O) groups is 1. The van der Waals surface area contributed by atoms with Gasteiger partial charge in [-0.2, -0.15) is 0 Å². The number of amides is 1. The number of ether oxygens (including phenoxy) is 1. The molecule has 2 aromatic heterocycles. The number of imidazole rings is 1. The van der Waals surface area contributed by atoms with E-state index in [1.807, 2.05) is 34.1 Å². The summed E-state index contributed by atoms with van der Waals surface area (Å²) in [5.41, 5.74) is 1.27. The molecule has 0 aliphatic carbocycles. The molecule has 2 saturated heterocycles. The number of piperidine rings is 2. The molecule has 0 unspecified atom stereocenters. The first-order valence-corrected chi connectivity index (χ1v) is 10.3. The smallest absolute Gasteiger partial charge is 0.242 e. The largest absolute Gasteiger partial charge is 0.375 e. The van der Waals surface area contributed by atoms with Gasteiger partial charge in [0, 0.05) is 57.5 Å². The third-order valence-corrected chi connectivity index (χ3v) is 5.72. The van der Waals surface area contributed by atoms with Crippen LogP contribution in [0.25, 0.3) is 0 Å². The van der Waals surface area contributed by atoms with Crippen LogP contribution in [0.4, 0.5) is 0 Å². The zero-order valence-electron chi connectivity index (χ0n) is 16.3. The minimum atomic E-state index is 0.167. The second-order valence-electron chi connectivity index (χ2n) is 7.79. The fraction of sp³-hybridized carbons (Fsp3) is 0.571. The van der Waals surface area contributed by atoms with E-state index in [1.54, 1.807) is 12.5 Å². The van der Waals surface area contributed by atoms with Crippen LogP contribution in [0.3, 0.4) is 0 Å². The van der Waals surface area contributed by atoms with Crippen molar-refractivity contribution < 1.29 is 9.53 Å². The van der Waals surface area contributed by atoms with E-state index < -0.39 is 0 Å². The van der Waals surface area contributed by atoms with Gasteiger partial charge in [-0.25, -0.2) is 4.98 Å². The van der Waals surface area contributed by atoms with E-state index in [2.05, 4.69) is 20.9 Å². The molecule has 2 aliphatic heterocycles. The van der Waals surface area contributed by atoms with Crippen LogP contribution in [-0.2, 0) is 22.6 Å². The average molecular weight is 383 g/mol. The summed E-state index contributed by atoms with van der Waals surface area (Å²) in [6, 6.07) is 4.13. The molecule has 1 amide bonds. The fourth-order valence-corrected chi connectivity index (χ4v) is 4.10. The van der Waals surface area contributed by atoms with Crippen LogP contribution < -0.4 is 0 Å². The van der Waals surface area contributed by atoms with Crippen molar-refractivity contribution in [3.63, 3.8) is 0 Å². The topological polar surface area (TPSA) is 63.5 Å². The minimum absolute atomic E-state index is 0.167. The Morgan fingerprint density at radius 1 is 1.04 bits per heavy atom. The lowest BCUT2D eigenvalue weighted by Gasteiger charge is -2.37. The SMILES string of the molecule is O=C(Cn1ccnc1)N1CCC(OC2CCN(Cc3cccnc3)CC2)CC1. The van der Waals surface area contributed by atoms with Gasteiger partial charge in [0.2, 0.25) is 5.91 Å². The highest BCUT2D eigenvalue weighted by molar-refractivity contribution is 5.76. The maximum Gasteiger partial charge on any atom is 0.242 e. The second kappa shape index (κ2) is 9.30. The number of likely N-dealkylation sites (tertiary alicyclic amines) is 2. The van der Waals surface area contributed by atoms with Gasteiger partial charge in [-0.3, -0.25) is 14.7 Å². The quantitative estimate of drug-likeness (QED) is 0.763. The Labute approximate surface area is 166 Å². The van der Waals surface area contributed by atoms with E-state index in [4.69, 9.17) is 4.74 Å². The molecular formula is C21H29N5O2. The average Bonchev–Trinajstić information content (AvgIpc) is 3.24. The summed E-state index contributed by atoms with van der Waals surface area (Å²) in [5.74, 6) is 0.167. The highest BCUT2D eigenvalue weighted by atomic mass is 16.5. The van der Waals surface area contributed by atoms with Crippen molar-refractivity contribution in [2.45, 2.75) is 51.0 Å². The van der Waals surface area contributed by atoms with Gasteiger partial charge in [0.25, 0.3) is 0 Å². The lowest BCUT2D eigenvalue weighted by molar-refractivity contribution is -0.135. The van der Waals surface area contributed by atoms with Gasteiger partial charge in [-0.1, -0.05) is 6.07 Å². The van der Waals surface area contributed by atoms with E-state index in [9.17, 15) is 4.79 Å². The van der Waals surface area contributed by atoms with Gasteiger partial charge in [-0.05, 0) is 37.3 Å². The highest BCUT2D eigenvalue weighted by Gasteiger charge is 2.27. The molecule has 7 heteroatoms. The molecule has 2 aromatic rings. The molecule has 2 aliphatic rings. The highest BCUT2D eigenvalue weighted by Crippen LogP contribution is 2.22. The van der Waals surface area contributed by atoms with Crippen LogP contribution in [0, 0.1) is 0 Å². The van der Waals surface area contributed by atoms with Crippen LogP contribution in [0.1, 0.15) is 31.2 Å². The third-order valence-electron chi connectivity index (χ3n) is 5.72. The number of hydrogen-bond acceptors (Lipinski definition) is 5. The maximum absolute atomic E-state index is 12.4. The number of nitrogens with zero attached hydrogens (tertiary/aromatic N) is 5. The lowest BCUT2D eigenvalue weighted by Crippen LogP contribution is -2.44. The van der Waals surface area contributed by atoms with Gasteiger partial charge < -0.3 is 14.2 Å². The van der Waals surface area contributed by atoms with E-state index >= 15 is 0 Å². The standard InChI is InChI=1S/C21H29N5O2/c27-21(16-25-13-8-23-17-25)26-11-5-20(6-12-26)28-19-3-9-24(10-4-19)15-18-2-1-7-22-14-18/h1-2,7-8,13-14,17,19-20H,3-6,9-12,15-16H2. The number of aromatic nitrogens is 3. The Morgan fingerprint density at radius 2 is 1.79 bits per heavy atom. The zero-order chi connectivity index (χ0) is 19.2. The molecule has 0 saturated carbocycles. The van der Waals surface area contributed by atoms with Crippen molar-refractivity contribution in [1.82, 2.24) is 24.3 Å². The Bertz CT molecular complexity index is 721. The Hall–Kier alpha value is -2.25. The van der Waals surface area contributed by atoms with Gasteiger partial charge in [0.1, 0.15) is 6.54 Å². The Kier molecular flexibility index (Phi) is 6.34. The summed E-state index contributed by atoms with van der Waals surface area (Å²) in [6.45, 7) is 5.07. The van der Waals surface area contributed by atoms with Crippen molar-refractivity contribution in [2.75, 3.05) is 26.2 Å². The molecule has 0 atom stereocenters. The normalized spacial score (nSPS) is 19.8. The predicted octanol–water partition coefficient (Wildman–Crippen LogP) is 1.95. The van der Waals surface area contributed by atoms with Crippen molar-refractivity contribution in [3.8, 4) is 0 Å². The van der Waals surface area contributed by atoms with Crippen LogP contribution in [0.2, 0.25) is 0 Å². The first kappa shape index (κ1) is 19.1. The van der Waals surface area contributed by atoms with Crippen molar-refractivity contribution in [1.29, 1.82) is 0 Å². The molecule has 0 aromatic carbocycles. The van der Waals surface area contributed by atoms with Gasteiger partial charge in [-0.15, -0.1) is 0 Å². The molecular weight excluding hydrogens is 354 g/mol. The molecule has 4 heterocycles. The predicted molar refractivity (Wildman–Crippen MR) is 105 cm³/mol. The number of carbonyl (C=O) groups excluding carboxylic acids is 1. The molecule has 0 spiro atoms. The lowest BCUT2D eigenvalue weighted by atomic mass is 10.0. The van der Waals surface area contributed by atoms with Crippen LogP contribution in [0.5, 0.6) is 0 Å². The van der Waals surface area contributed by atoms with E-state index in [1.165, 1.54) is 5.56 Å². The molecule has 150 valence electrons. The zero-order valence-corrected chi connectivity index (χ0v) is 16.3. The van der Waals surface area contributed by atoms with Crippen molar-refractivity contribution in [3.05, 3.63) is 48.8 Å². The molecule has 0 radical (unpaired) electrons. The number of hydrogen-bond donors (Lipinski definition) is 0. The van der Waals surface area contributed by atoms with Crippen molar-refractivity contribution in [2.24, 2.45) is 0 Å². The van der Waals surface area contributed by atoms with Crippen molar-refractivity contribution >= 4 is 5.91 Å². The maximum atomic E-state index is 12.4. The van der Waals surface area contributed by atoms with E-state index in [0.717, 1.165) is 58.4 Å². The summed E-state index contributed by atoms with van der Waals surface area (Å²) in [7, 11) is 0. The summed E-state index contributed by atoms with van der Waals surface area (Å²) in [4.78, 5) is 25.0. The summed E-state index contributed by atoms with van der Waals surface area (Å²) < 4.78 is 8.20. The first-order chi connectivity index (χ1) is 13.8. The van der Waals surface area contributed by atoms with Crippen LogP contribution >= 0.6 is 0 Å². The number of rotatable bonds is 6. The van der Waals surface area contributed by atoms with E-state index in [0.29, 0.717) is 12.6 Å². The number of pyridine rings is 1. The fourth-order valence-electron chi connectivity index (χ4n) is 4.10. The molecule has 0 bridgehead atoms. The van der Waals surface area contributed by atoms with Crippen LogP contribution in [0.15, 0.2) is 43.2 Å². The second-order valence-corrected chi connectivity index (χ2v) is 7.79. The van der Waals surface area contributed by atoms with E-state index in [-0.39, 0.29) is 12.0 Å². The molecule has 4 rings (SSSR count).